The maximum atomic E-state index is 11.5. The Morgan fingerprint density at radius 2 is 1.93 bits per heavy atom. The largest absolute Gasteiger partial charge is 0.342 e. The van der Waals surface area contributed by atoms with Crippen LogP contribution in [0.2, 0.25) is 0 Å². The molecule has 0 aliphatic carbocycles. The van der Waals surface area contributed by atoms with Crippen LogP contribution in [0.5, 0.6) is 0 Å². The van der Waals surface area contributed by atoms with Crippen molar-refractivity contribution in [3.8, 4) is 0 Å². The van der Waals surface area contributed by atoms with Gasteiger partial charge in [0, 0.05) is 13.1 Å². The molecule has 0 bridgehead atoms. The first-order valence-electron chi connectivity index (χ1n) is 5.24. The number of nitrogens with zero attached hydrogens (tertiary/aromatic N) is 1. The Hall–Kier alpha value is -0.830. The first kappa shape index (κ1) is 13.2. The lowest BCUT2D eigenvalue weighted by Crippen LogP contribution is -2.38. The number of carbonyl (C=O) groups excluding carboxylic acids is 1. The van der Waals surface area contributed by atoms with Crippen LogP contribution in [0, 0.1) is 0 Å². The minimum absolute atomic E-state index is 0.178. The summed E-state index contributed by atoms with van der Waals surface area (Å²) in [6.07, 6.45) is 0.936. The third-order valence-electron chi connectivity index (χ3n) is 2.12. The van der Waals surface area contributed by atoms with Crippen molar-refractivity contribution < 1.29 is 4.79 Å². The molecule has 0 aromatic rings. The van der Waals surface area contributed by atoms with E-state index in [9.17, 15) is 4.79 Å². The standard InChI is InChI=1S/C11H22N2O/c1-5-13(6-2)11(14)9-12-8-7-10(3)4/h12H,3,5-9H2,1-2,4H3. The normalized spacial score (nSPS) is 9.93. The Kier molecular flexibility index (Phi) is 7.11. The molecule has 0 radical (unpaired) electrons. The van der Waals surface area contributed by atoms with Crippen LogP contribution in [0.3, 0.4) is 0 Å². The molecule has 1 amide bonds. The van der Waals surface area contributed by atoms with Gasteiger partial charge in [0.2, 0.25) is 5.91 Å². The van der Waals surface area contributed by atoms with Crippen LogP contribution >= 0.6 is 0 Å². The molecule has 0 atom stereocenters. The molecule has 0 saturated carbocycles. The molecular weight excluding hydrogens is 176 g/mol. The van der Waals surface area contributed by atoms with E-state index >= 15 is 0 Å². The average molecular weight is 198 g/mol. The quantitative estimate of drug-likeness (QED) is 0.495. The fourth-order valence-electron chi connectivity index (χ4n) is 1.19. The molecule has 14 heavy (non-hydrogen) atoms. The SMILES string of the molecule is C=C(C)CCNCC(=O)N(CC)CC. The van der Waals surface area contributed by atoms with Crippen molar-refractivity contribution in [3.05, 3.63) is 12.2 Å². The highest BCUT2D eigenvalue weighted by molar-refractivity contribution is 5.78. The number of rotatable bonds is 7. The summed E-state index contributed by atoms with van der Waals surface area (Å²) in [6.45, 7) is 12.6. The van der Waals surface area contributed by atoms with Gasteiger partial charge in [-0.1, -0.05) is 5.57 Å². The lowest BCUT2D eigenvalue weighted by Gasteiger charge is -2.18. The highest BCUT2D eigenvalue weighted by Gasteiger charge is 2.07. The predicted molar refractivity (Wildman–Crippen MR) is 60.2 cm³/mol. The van der Waals surface area contributed by atoms with Crippen LogP contribution in [-0.4, -0.2) is 37.0 Å². The zero-order valence-electron chi connectivity index (χ0n) is 9.60. The van der Waals surface area contributed by atoms with Crippen LogP contribution in [0.25, 0.3) is 0 Å². The minimum Gasteiger partial charge on any atom is -0.342 e. The molecule has 0 aliphatic rings. The number of hydrogen-bond acceptors (Lipinski definition) is 2. The number of hydrogen-bond donors (Lipinski definition) is 1. The fraction of sp³-hybridized carbons (Fsp3) is 0.727. The molecule has 3 heteroatoms. The fourth-order valence-corrected chi connectivity index (χ4v) is 1.19. The van der Waals surface area contributed by atoms with Gasteiger partial charge in [0.1, 0.15) is 0 Å². The van der Waals surface area contributed by atoms with Crippen molar-refractivity contribution in [2.75, 3.05) is 26.2 Å². The van der Waals surface area contributed by atoms with Crippen LogP contribution in [0.15, 0.2) is 12.2 Å². The maximum absolute atomic E-state index is 11.5. The van der Waals surface area contributed by atoms with Gasteiger partial charge in [-0.05, 0) is 33.7 Å². The first-order valence-corrected chi connectivity index (χ1v) is 5.24. The lowest BCUT2D eigenvalue weighted by atomic mass is 10.2. The summed E-state index contributed by atoms with van der Waals surface area (Å²) in [5.41, 5.74) is 1.15. The third-order valence-corrected chi connectivity index (χ3v) is 2.12. The van der Waals surface area contributed by atoms with Gasteiger partial charge in [-0.15, -0.1) is 6.58 Å². The molecule has 0 saturated heterocycles. The summed E-state index contributed by atoms with van der Waals surface area (Å²) >= 11 is 0. The summed E-state index contributed by atoms with van der Waals surface area (Å²) in [5.74, 6) is 0.178. The van der Waals surface area contributed by atoms with Crippen molar-refractivity contribution >= 4 is 5.91 Å². The molecule has 0 spiro atoms. The van der Waals surface area contributed by atoms with Gasteiger partial charge in [-0.2, -0.15) is 0 Å². The van der Waals surface area contributed by atoms with Crippen molar-refractivity contribution in [2.24, 2.45) is 0 Å². The van der Waals surface area contributed by atoms with Gasteiger partial charge >= 0.3 is 0 Å². The van der Waals surface area contributed by atoms with Gasteiger partial charge in [0.05, 0.1) is 6.54 Å². The minimum atomic E-state index is 0.178. The molecule has 0 aromatic heterocycles. The zero-order valence-corrected chi connectivity index (χ0v) is 9.60. The molecule has 0 fully saturated rings. The Morgan fingerprint density at radius 1 is 1.36 bits per heavy atom. The highest BCUT2D eigenvalue weighted by Crippen LogP contribution is 1.92. The van der Waals surface area contributed by atoms with E-state index in [1.165, 1.54) is 0 Å². The number of amides is 1. The second kappa shape index (κ2) is 7.56. The molecule has 0 rings (SSSR count). The van der Waals surface area contributed by atoms with Gasteiger partial charge in [0.25, 0.3) is 0 Å². The van der Waals surface area contributed by atoms with E-state index in [-0.39, 0.29) is 5.91 Å². The summed E-state index contributed by atoms with van der Waals surface area (Å²) in [7, 11) is 0. The van der Waals surface area contributed by atoms with E-state index in [1.54, 1.807) is 0 Å². The Labute approximate surface area is 87.2 Å². The molecule has 0 aromatic carbocycles. The van der Waals surface area contributed by atoms with Crippen molar-refractivity contribution in [1.82, 2.24) is 10.2 Å². The summed E-state index contributed by atoms with van der Waals surface area (Å²) < 4.78 is 0. The van der Waals surface area contributed by atoms with Crippen LogP contribution in [0.4, 0.5) is 0 Å². The van der Waals surface area contributed by atoms with E-state index < -0.39 is 0 Å². The van der Waals surface area contributed by atoms with Crippen molar-refractivity contribution in [2.45, 2.75) is 27.2 Å². The second-order valence-corrected chi connectivity index (χ2v) is 3.45. The molecule has 0 aliphatic heterocycles. The van der Waals surface area contributed by atoms with Gasteiger partial charge in [0.15, 0.2) is 0 Å². The van der Waals surface area contributed by atoms with Crippen molar-refractivity contribution in [3.63, 3.8) is 0 Å². The number of likely N-dealkylation sites (N-methyl/N-ethyl adjacent to an activating group) is 1. The molecular formula is C11H22N2O. The monoisotopic (exact) mass is 198 g/mol. The highest BCUT2D eigenvalue weighted by atomic mass is 16.2. The third kappa shape index (κ3) is 5.75. The first-order chi connectivity index (χ1) is 6.61. The van der Waals surface area contributed by atoms with Crippen LogP contribution in [0.1, 0.15) is 27.2 Å². The topological polar surface area (TPSA) is 32.3 Å². The summed E-state index contributed by atoms with van der Waals surface area (Å²) in [4.78, 5) is 13.3. The maximum Gasteiger partial charge on any atom is 0.236 e. The summed E-state index contributed by atoms with van der Waals surface area (Å²) in [5, 5.41) is 3.11. The van der Waals surface area contributed by atoms with Crippen LogP contribution < -0.4 is 5.32 Å². The van der Waals surface area contributed by atoms with E-state index in [0.29, 0.717) is 6.54 Å². The van der Waals surface area contributed by atoms with E-state index in [2.05, 4.69) is 11.9 Å². The Balaban J connectivity index is 3.57. The van der Waals surface area contributed by atoms with Crippen LogP contribution in [-0.2, 0) is 4.79 Å². The van der Waals surface area contributed by atoms with Gasteiger partial charge < -0.3 is 10.2 Å². The van der Waals surface area contributed by atoms with E-state index in [0.717, 1.165) is 31.6 Å². The lowest BCUT2D eigenvalue weighted by molar-refractivity contribution is -0.129. The molecule has 82 valence electrons. The van der Waals surface area contributed by atoms with Gasteiger partial charge in [-0.25, -0.2) is 0 Å². The molecule has 0 heterocycles. The van der Waals surface area contributed by atoms with Crippen molar-refractivity contribution in [1.29, 1.82) is 0 Å². The second-order valence-electron chi connectivity index (χ2n) is 3.45. The van der Waals surface area contributed by atoms with Gasteiger partial charge in [-0.3, -0.25) is 4.79 Å². The Bertz CT molecular complexity index is 186. The average Bonchev–Trinajstić information content (AvgIpc) is 2.14. The number of carbonyl (C=O) groups is 1. The zero-order chi connectivity index (χ0) is 11.0. The predicted octanol–water partition coefficient (Wildman–Crippen LogP) is 1.41. The Morgan fingerprint density at radius 3 is 2.36 bits per heavy atom. The van der Waals surface area contributed by atoms with E-state index in [1.807, 2.05) is 25.7 Å². The van der Waals surface area contributed by atoms with E-state index in [4.69, 9.17) is 0 Å². The molecule has 0 unspecified atom stereocenters. The molecule has 3 nitrogen and oxygen atoms in total. The number of nitrogens with one attached hydrogen (secondary N) is 1. The summed E-state index contributed by atoms with van der Waals surface area (Å²) in [6, 6.07) is 0. The smallest absolute Gasteiger partial charge is 0.236 e. The molecule has 1 N–H and O–H groups in total.